The van der Waals surface area contributed by atoms with Gasteiger partial charge in [-0.3, -0.25) is 4.79 Å². The van der Waals surface area contributed by atoms with Crippen LogP contribution in [0.15, 0.2) is 69.0 Å². The number of fused-ring (bicyclic) bond motifs is 4. The van der Waals surface area contributed by atoms with Gasteiger partial charge in [0, 0.05) is 28.0 Å². The maximum absolute atomic E-state index is 12.3. The summed E-state index contributed by atoms with van der Waals surface area (Å²) in [5.74, 6) is -0.0675. The van der Waals surface area contributed by atoms with E-state index in [0.717, 1.165) is 16.3 Å². The van der Waals surface area contributed by atoms with Gasteiger partial charge >= 0.3 is 5.63 Å². The van der Waals surface area contributed by atoms with Gasteiger partial charge in [0.2, 0.25) is 11.1 Å². The third-order valence-electron chi connectivity index (χ3n) is 4.34. The smallest absolute Gasteiger partial charge is 0.336 e. The van der Waals surface area contributed by atoms with E-state index < -0.39 is 5.63 Å². The van der Waals surface area contributed by atoms with Crippen LogP contribution < -0.4 is 10.9 Å². The number of hydrogen-bond acceptors (Lipinski definition) is 7. The van der Waals surface area contributed by atoms with E-state index in [9.17, 15) is 9.59 Å². The molecule has 0 unspecified atom stereocenters. The van der Waals surface area contributed by atoms with Gasteiger partial charge in [0.05, 0.1) is 5.75 Å². The van der Waals surface area contributed by atoms with Crippen molar-refractivity contribution >= 4 is 56.4 Å². The Balaban J connectivity index is 1.29. The lowest BCUT2D eigenvalue weighted by molar-refractivity contribution is -0.113. The monoisotopic (exact) mass is 403 g/mol. The van der Waals surface area contributed by atoms with Crippen LogP contribution in [0.3, 0.4) is 0 Å². The highest BCUT2D eigenvalue weighted by molar-refractivity contribution is 7.99. The summed E-state index contributed by atoms with van der Waals surface area (Å²) in [5, 5.41) is 13.3. The first-order chi connectivity index (χ1) is 14.2. The highest BCUT2D eigenvalue weighted by atomic mass is 32.2. The van der Waals surface area contributed by atoms with Gasteiger partial charge < -0.3 is 14.7 Å². The summed E-state index contributed by atoms with van der Waals surface area (Å²) in [6, 6.07) is 15.9. The largest absolute Gasteiger partial charge is 0.423 e. The van der Waals surface area contributed by atoms with Crippen molar-refractivity contribution in [3.05, 3.63) is 65.0 Å². The van der Waals surface area contributed by atoms with E-state index in [4.69, 9.17) is 4.42 Å². The van der Waals surface area contributed by atoms with Gasteiger partial charge in [0.25, 0.3) is 0 Å². The fourth-order valence-electron chi connectivity index (χ4n) is 3.04. The van der Waals surface area contributed by atoms with E-state index in [-0.39, 0.29) is 11.7 Å². The van der Waals surface area contributed by atoms with Gasteiger partial charge in [0.1, 0.15) is 11.1 Å². The van der Waals surface area contributed by atoms with Crippen LogP contribution in [-0.4, -0.2) is 31.8 Å². The predicted molar refractivity (Wildman–Crippen MR) is 111 cm³/mol. The van der Waals surface area contributed by atoms with Gasteiger partial charge in [-0.1, -0.05) is 30.0 Å². The summed E-state index contributed by atoms with van der Waals surface area (Å²) in [6.07, 6.45) is 0. The van der Waals surface area contributed by atoms with Crippen molar-refractivity contribution in [3.8, 4) is 0 Å². The molecule has 3 heterocycles. The lowest BCUT2D eigenvalue weighted by Crippen LogP contribution is -2.14. The first-order valence-electron chi connectivity index (χ1n) is 8.73. The maximum Gasteiger partial charge on any atom is 0.336 e. The number of thioether (sulfide) groups is 1. The minimum atomic E-state index is -0.411. The number of nitrogens with zero attached hydrogens (tertiary/aromatic N) is 3. The number of carbonyl (C=O) groups excluding carboxylic acids is 1. The van der Waals surface area contributed by atoms with Crippen molar-refractivity contribution < 1.29 is 9.21 Å². The molecule has 0 fully saturated rings. The summed E-state index contributed by atoms with van der Waals surface area (Å²) < 4.78 is 5.09. The molecule has 0 radical (unpaired) electrons. The highest BCUT2D eigenvalue weighted by Gasteiger charge is 2.11. The SMILES string of the molecule is O=C(CSc1nnc2c(n1)[nH]c1ccccc12)Nc1ccc2oc(=O)ccc2c1. The Labute approximate surface area is 167 Å². The number of carbonyl (C=O) groups is 1. The van der Waals surface area contributed by atoms with E-state index in [1.54, 1.807) is 24.3 Å². The van der Waals surface area contributed by atoms with Crippen LogP contribution in [0.5, 0.6) is 0 Å². The fraction of sp³-hybridized carbons (Fsp3) is 0.0500. The fourth-order valence-corrected chi connectivity index (χ4v) is 3.63. The molecule has 0 aliphatic heterocycles. The van der Waals surface area contributed by atoms with Gasteiger partial charge in [-0.2, -0.15) is 0 Å². The van der Waals surface area contributed by atoms with Crippen molar-refractivity contribution in [2.75, 3.05) is 11.1 Å². The zero-order valence-corrected chi connectivity index (χ0v) is 15.7. The van der Waals surface area contributed by atoms with E-state index in [1.807, 2.05) is 24.3 Å². The quantitative estimate of drug-likeness (QED) is 0.349. The Kier molecular flexibility index (Phi) is 4.21. The molecule has 0 saturated heterocycles. The molecular weight excluding hydrogens is 390 g/mol. The van der Waals surface area contributed by atoms with E-state index in [1.165, 1.54) is 17.8 Å². The lowest BCUT2D eigenvalue weighted by atomic mass is 10.2. The van der Waals surface area contributed by atoms with Crippen LogP contribution >= 0.6 is 11.8 Å². The molecule has 3 aromatic heterocycles. The number of anilines is 1. The molecule has 142 valence electrons. The second-order valence-electron chi connectivity index (χ2n) is 6.31. The van der Waals surface area contributed by atoms with E-state index in [2.05, 4.69) is 25.5 Å². The number of hydrogen-bond donors (Lipinski definition) is 2. The van der Waals surface area contributed by atoms with Crippen molar-refractivity contribution in [2.24, 2.45) is 0 Å². The summed E-state index contributed by atoms with van der Waals surface area (Å²) >= 11 is 1.20. The van der Waals surface area contributed by atoms with Crippen LogP contribution in [-0.2, 0) is 4.79 Å². The minimum Gasteiger partial charge on any atom is -0.423 e. The van der Waals surface area contributed by atoms with Crippen LogP contribution in [0.2, 0.25) is 0 Å². The third-order valence-corrected chi connectivity index (χ3v) is 5.18. The second kappa shape index (κ2) is 7.02. The normalized spacial score (nSPS) is 11.3. The molecule has 0 aliphatic carbocycles. The van der Waals surface area contributed by atoms with Crippen molar-refractivity contribution in [3.63, 3.8) is 0 Å². The Bertz CT molecular complexity index is 1440. The summed E-state index contributed by atoms with van der Waals surface area (Å²) in [5.41, 5.74) is 2.96. The standard InChI is InChI=1S/C20H13N5O3S/c26-16(21-12-6-7-15-11(9-12)5-8-17(27)28-15)10-29-20-23-19-18(24-25-20)13-3-1-2-4-14(13)22-19/h1-9H,10H2,(H,21,26)(H,22,23,25). The number of benzene rings is 2. The molecule has 0 spiro atoms. The number of amides is 1. The van der Waals surface area contributed by atoms with Crippen LogP contribution in [0, 0.1) is 0 Å². The first-order valence-corrected chi connectivity index (χ1v) is 9.72. The minimum absolute atomic E-state index is 0.134. The van der Waals surface area contributed by atoms with Crippen LogP contribution in [0.4, 0.5) is 5.69 Å². The van der Waals surface area contributed by atoms with Crippen molar-refractivity contribution in [1.29, 1.82) is 0 Å². The molecule has 2 N–H and O–H groups in total. The molecular formula is C20H13N5O3S. The van der Waals surface area contributed by atoms with Crippen molar-refractivity contribution in [1.82, 2.24) is 20.2 Å². The molecule has 0 aliphatic rings. The molecule has 5 aromatic rings. The lowest BCUT2D eigenvalue weighted by Gasteiger charge is -2.05. The number of para-hydroxylation sites is 1. The van der Waals surface area contributed by atoms with Gasteiger partial charge in [-0.15, -0.1) is 10.2 Å². The number of nitrogens with one attached hydrogen (secondary N) is 2. The van der Waals surface area contributed by atoms with Gasteiger partial charge in [0.15, 0.2) is 5.65 Å². The third kappa shape index (κ3) is 3.43. The Morgan fingerprint density at radius 3 is 2.93 bits per heavy atom. The van der Waals surface area contributed by atoms with Crippen LogP contribution in [0.1, 0.15) is 0 Å². The highest BCUT2D eigenvalue weighted by Crippen LogP contribution is 2.23. The summed E-state index contributed by atoms with van der Waals surface area (Å²) in [4.78, 5) is 31.2. The van der Waals surface area contributed by atoms with Crippen LogP contribution in [0.25, 0.3) is 33.0 Å². The molecule has 0 atom stereocenters. The molecule has 0 bridgehead atoms. The van der Waals surface area contributed by atoms with E-state index >= 15 is 0 Å². The predicted octanol–water partition coefficient (Wildman–Crippen LogP) is 3.34. The number of aromatic amines is 1. The van der Waals surface area contributed by atoms with E-state index in [0.29, 0.717) is 27.6 Å². The Morgan fingerprint density at radius 1 is 1.10 bits per heavy atom. The van der Waals surface area contributed by atoms with Crippen molar-refractivity contribution in [2.45, 2.75) is 5.16 Å². The molecule has 0 saturated carbocycles. The topological polar surface area (TPSA) is 114 Å². The maximum atomic E-state index is 12.3. The van der Waals surface area contributed by atoms with Gasteiger partial charge in [-0.25, -0.2) is 9.78 Å². The second-order valence-corrected chi connectivity index (χ2v) is 7.25. The average Bonchev–Trinajstić information content (AvgIpc) is 3.10. The first kappa shape index (κ1) is 17.4. The molecule has 9 heteroatoms. The average molecular weight is 403 g/mol. The Hall–Kier alpha value is -3.72. The number of rotatable bonds is 4. The summed E-state index contributed by atoms with van der Waals surface area (Å²) in [7, 11) is 0. The zero-order chi connectivity index (χ0) is 19.8. The number of aromatic nitrogens is 4. The Morgan fingerprint density at radius 2 is 2.00 bits per heavy atom. The molecule has 29 heavy (non-hydrogen) atoms. The zero-order valence-electron chi connectivity index (χ0n) is 14.9. The molecule has 5 rings (SSSR count). The van der Waals surface area contributed by atoms with Gasteiger partial charge in [-0.05, 0) is 30.3 Å². The molecule has 8 nitrogen and oxygen atoms in total. The number of H-pyrrole nitrogens is 1. The summed E-state index contributed by atoms with van der Waals surface area (Å²) in [6.45, 7) is 0. The molecule has 1 amide bonds. The molecule has 2 aromatic carbocycles.